The van der Waals surface area contributed by atoms with Crippen LogP contribution in [0.4, 0.5) is 5.88 Å². The van der Waals surface area contributed by atoms with Crippen LogP contribution in [0.5, 0.6) is 0 Å². The summed E-state index contributed by atoms with van der Waals surface area (Å²) in [5.74, 6) is 0.397. The summed E-state index contributed by atoms with van der Waals surface area (Å²) in [5, 5.41) is 7.54. The Kier molecular flexibility index (Phi) is 4.79. The van der Waals surface area contributed by atoms with E-state index in [0.717, 1.165) is 10.0 Å². The van der Waals surface area contributed by atoms with Gasteiger partial charge < -0.3 is 9.84 Å². The van der Waals surface area contributed by atoms with Gasteiger partial charge in [0.05, 0.1) is 6.54 Å². The lowest BCUT2D eigenvalue weighted by Gasteiger charge is -2.01. The lowest BCUT2D eigenvalue weighted by Crippen LogP contribution is -2.13. The van der Waals surface area contributed by atoms with E-state index in [2.05, 4.69) is 26.4 Å². The minimum Gasteiger partial charge on any atom is -0.347 e. The Morgan fingerprint density at radius 3 is 2.52 bits per heavy atom. The molecule has 3 aromatic rings. The summed E-state index contributed by atoms with van der Waals surface area (Å²) < 4.78 is 6.21. The van der Waals surface area contributed by atoms with Crippen LogP contribution in [0.2, 0.25) is 5.02 Å². The molecule has 23 heavy (non-hydrogen) atoms. The number of benzene rings is 2. The Morgan fingerprint density at radius 2 is 1.83 bits per heavy atom. The number of nitrogens with zero attached hydrogens (tertiary/aromatic N) is 1. The molecule has 0 aliphatic rings. The van der Waals surface area contributed by atoms with Crippen LogP contribution >= 0.6 is 27.5 Å². The van der Waals surface area contributed by atoms with E-state index in [0.29, 0.717) is 22.2 Å². The van der Waals surface area contributed by atoms with Crippen molar-refractivity contribution < 1.29 is 9.32 Å². The van der Waals surface area contributed by atoms with Crippen molar-refractivity contribution in [2.75, 3.05) is 11.9 Å². The molecular weight excluding hydrogens is 380 g/mol. The number of anilines is 1. The van der Waals surface area contributed by atoms with Gasteiger partial charge in [0.15, 0.2) is 5.78 Å². The molecule has 0 aliphatic heterocycles. The summed E-state index contributed by atoms with van der Waals surface area (Å²) in [4.78, 5) is 12.1. The third-order valence-electron chi connectivity index (χ3n) is 3.24. The number of hydrogen-bond acceptors (Lipinski definition) is 4. The molecule has 0 fully saturated rings. The quantitative estimate of drug-likeness (QED) is 0.618. The fourth-order valence-electron chi connectivity index (χ4n) is 2.02. The predicted molar refractivity (Wildman–Crippen MR) is 93.9 cm³/mol. The van der Waals surface area contributed by atoms with Crippen LogP contribution in [0, 0.1) is 0 Å². The number of carbonyl (C=O) groups is 1. The minimum absolute atomic E-state index is 0.0525. The number of halogens is 2. The Bertz CT molecular complexity index is 813. The minimum atomic E-state index is -0.0525. The van der Waals surface area contributed by atoms with Crippen molar-refractivity contribution in [1.29, 1.82) is 0 Å². The first-order chi connectivity index (χ1) is 11.1. The summed E-state index contributed by atoms with van der Waals surface area (Å²) in [6, 6.07) is 16.3. The van der Waals surface area contributed by atoms with Gasteiger partial charge in [0, 0.05) is 26.7 Å². The molecule has 1 N–H and O–H groups in total. The highest BCUT2D eigenvalue weighted by Gasteiger charge is 2.09. The first-order valence-corrected chi connectivity index (χ1v) is 8.04. The van der Waals surface area contributed by atoms with Gasteiger partial charge in [0.2, 0.25) is 5.88 Å². The van der Waals surface area contributed by atoms with E-state index in [1.54, 1.807) is 30.3 Å². The molecule has 116 valence electrons. The topological polar surface area (TPSA) is 55.1 Å². The highest BCUT2D eigenvalue weighted by molar-refractivity contribution is 9.10. The molecule has 0 amide bonds. The molecule has 4 nitrogen and oxygen atoms in total. The molecule has 0 saturated heterocycles. The molecule has 0 radical (unpaired) electrons. The predicted octanol–water partition coefficient (Wildman–Crippen LogP) is 5.05. The average molecular weight is 392 g/mol. The van der Waals surface area contributed by atoms with Gasteiger partial charge in [-0.2, -0.15) is 0 Å². The maximum absolute atomic E-state index is 12.1. The zero-order valence-corrected chi connectivity index (χ0v) is 14.3. The number of aromatic nitrogens is 1. The number of carbonyl (C=O) groups excluding carboxylic acids is 1. The lowest BCUT2D eigenvalue weighted by molar-refractivity contribution is 0.101. The van der Waals surface area contributed by atoms with Crippen LogP contribution in [0.3, 0.4) is 0 Å². The Labute approximate surface area is 146 Å². The van der Waals surface area contributed by atoms with Crippen LogP contribution in [0.25, 0.3) is 11.3 Å². The molecule has 0 spiro atoms. The molecule has 0 unspecified atom stereocenters. The first-order valence-electron chi connectivity index (χ1n) is 6.87. The number of rotatable bonds is 5. The number of hydrogen-bond donors (Lipinski definition) is 1. The monoisotopic (exact) mass is 390 g/mol. The molecule has 1 heterocycles. The summed E-state index contributed by atoms with van der Waals surface area (Å²) in [6.45, 7) is 0.122. The van der Waals surface area contributed by atoms with E-state index in [9.17, 15) is 4.79 Å². The van der Waals surface area contributed by atoms with Gasteiger partial charge in [-0.1, -0.05) is 44.8 Å². The van der Waals surface area contributed by atoms with Gasteiger partial charge in [0.25, 0.3) is 0 Å². The van der Waals surface area contributed by atoms with Gasteiger partial charge in [0.1, 0.15) is 5.69 Å². The number of Topliss-reactive ketones (excluding diaryl/α,β-unsaturated/α-hetero) is 1. The van der Waals surface area contributed by atoms with Crippen molar-refractivity contribution in [1.82, 2.24) is 5.16 Å². The van der Waals surface area contributed by atoms with E-state index in [1.165, 1.54) is 0 Å². The Morgan fingerprint density at radius 1 is 1.13 bits per heavy atom. The van der Waals surface area contributed by atoms with Crippen LogP contribution in [0.15, 0.2) is 63.6 Å². The van der Waals surface area contributed by atoms with Crippen molar-refractivity contribution >= 4 is 39.2 Å². The van der Waals surface area contributed by atoms with Crippen LogP contribution in [-0.4, -0.2) is 17.5 Å². The second-order valence-corrected chi connectivity index (χ2v) is 6.22. The Balaban J connectivity index is 1.64. The SMILES string of the molecule is O=C(CNc1cc(-c2ccc(Br)cc2)no1)c1ccc(Cl)cc1. The van der Waals surface area contributed by atoms with Gasteiger partial charge in [-0.25, -0.2) is 0 Å². The third kappa shape index (κ3) is 4.00. The van der Waals surface area contributed by atoms with Crippen LogP contribution < -0.4 is 5.32 Å². The van der Waals surface area contributed by atoms with E-state index >= 15 is 0 Å². The van der Waals surface area contributed by atoms with Gasteiger partial charge in [-0.15, -0.1) is 0 Å². The fraction of sp³-hybridized carbons (Fsp3) is 0.0588. The van der Waals surface area contributed by atoms with E-state index in [-0.39, 0.29) is 12.3 Å². The average Bonchev–Trinajstić information content (AvgIpc) is 3.03. The molecule has 0 aliphatic carbocycles. The molecule has 0 bridgehead atoms. The van der Waals surface area contributed by atoms with Crippen molar-refractivity contribution in [2.45, 2.75) is 0 Å². The van der Waals surface area contributed by atoms with E-state index in [1.807, 2.05) is 24.3 Å². The number of nitrogens with one attached hydrogen (secondary N) is 1. The summed E-state index contributed by atoms with van der Waals surface area (Å²) >= 11 is 9.20. The van der Waals surface area contributed by atoms with Crippen LogP contribution in [-0.2, 0) is 0 Å². The molecular formula is C17H12BrClN2O2. The molecule has 0 saturated carbocycles. The summed E-state index contributed by atoms with van der Waals surface area (Å²) in [7, 11) is 0. The zero-order chi connectivity index (χ0) is 16.2. The maximum Gasteiger partial charge on any atom is 0.225 e. The molecule has 0 atom stereocenters. The highest BCUT2D eigenvalue weighted by Crippen LogP contribution is 2.23. The summed E-state index contributed by atoms with van der Waals surface area (Å²) in [6.07, 6.45) is 0. The molecule has 6 heteroatoms. The molecule has 2 aromatic carbocycles. The maximum atomic E-state index is 12.1. The first kappa shape index (κ1) is 15.8. The Hall–Kier alpha value is -2.11. The second-order valence-electron chi connectivity index (χ2n) is 4.87. The third-order valence-corrected chi connectivity index (χ3v) is 4.02. The standard InChI is InChI=1S/C17H12BrClN2O2/c18-13-5-1-11(2-6-13)15-9-17(23-21-15)20-10-16(22)12-3-7-14(19)8-4-12/h1-9,20H,10H2. The van der Waals surface area contributed by atoms with Crippen molar-refractivity contribution in [3.05, 3.63) is 69.7 Å². The molecule has 1 aromatic heterocycles. The highest BCUT2D eigenvalue weighted by atomic mass is 79.9. The van der Waals surface area contributed by atoms with Crippen LogP contribution in [0.1, 0.15) is 10.4 Å². The summed E-state index contributed by atoms with van der Waals surface area (Å²) in [5.41, 5.74) is 2.24. The smallest absolute Gasteiger partial charge is 0.225 e. The van der Waals surface area contributed by atoms with E-state index in [4.69, 9.17) is 16.1 Å². The van der Waals surface area contributed by atoms with Crippen molar-refractivity contribution in [2.24, 2.45) is 0 Å². The lowest BCUT2D eigenvalue weighted by atomic mass is 10.1. The zero-order valence-electron chi connectivity index (χ0n) is 11.9. The van der Waals surface area contributed by atoms with Gasteiger partial charge in [-0.3, -0.25) is 4.79 Å². The molecule has 3 rings (SSSR count). The van der Waals surface area contributed by atoms with Gasteiger partial charge >= 0.3 is 0 Å². The van der Waals surface area contributed by atoms with Crippen molar-refractivity contribution in [3.8, 4) is 11.3 Å². The largest absolute Gasteiger partial charge is 0.347 e. The fourth-order valence-corrected chi connectivity index (χ4v) is 2.41. The van der Waals surface area contributed by atoms with Crippen molar-refractivity contribution in [3.63, 3.8) is 0 Å². The van der Waals surface area contributed by atoms with Gasteiger partial charge in [-0.05, 0) is 36.4 Å². The van der Waals surface area contributed by atoms with E-state index < -0.39 is 0 Å². The second kappa shape index (κ2) is 6.98. The number of ketones is 1. The normalized spacial score (nSPS) is 10.5.